The van der Waals surface area contributed by atoms with Crippen LogP contribution in [0.15, 0.2) is 41.3 Å². The Morgan fingerprint density at radius 3 is 2.78 bits per heavy atom. The number of anilines is 2. The van der Waals surface area contributed by atoms with Crippen LogP contribution in [0.2, 0.25) is 5.02 Å². The Labute approximate surface area is 190 Å². The smallest absolute Gasteiger partial charge is 0.274 e. The molecule has 3 aromatic rings. The first-order chi connectivity index (χ1) is 15.4. The van der Waals surface area contributed by atoms with E-state index in [9.17, 15) is 9.59 Å². The van der Waals surface area contributed by atoms with Crippen molar-refractivity contribution in [2.24, 2.45) is 0 Å². The lowest BCUT2D eigenvalue weighted by Gasteiger charge is -2.40. The molecule has 1 unspecified atom stereocenters. The molecule has 0 saturated carbocycles. The zero-order chi connectivity index (χ0) is 22.9. The highest BCUT2D eigenvalue weighted by molar-refractivity contribution is 6.30. The van der Waals surface area contributed by atoms with Crippen molar-refractivity contribution in [3.05, 3.63) is 51.9 Å². The highest BCUT2D eigenvalue weighted by Crippen LogP contribution is 2.37. The van der Waals surface area contributed by atoms with Gasteiger partial charge in [-0.2, -0.15) is 5.10 Å². The number of rotatable bonds is 6. The number of nitrogens with zero attached hydrogens (tertiary/aromatic N) is 3. The van der Waals surface area contributed by atoms with Gasteiger partial charge < -0.3 is 15.0 Å². The summed E-state index contributed by atoms with van der Waals surface area (Å²) in [5.74, 6) is 0.235. The molecule has 2 atom stereocenters. The van der Waals surface area contributed by atoms with Crippen molar-refractivity contribution in [2.75, 3.05) is 26.1 Å². The maximum atomic E-state index is 12.7. The van der Waals surface area contributed by atoms with Crippen LogP contribution in [0, 0.1) is 0 Å². The zero-order valence-corrected chi connectivity index (χ0v) is 19.0. The third kappa shape index (κ3) is 3.99. The standard InChI is InChI=1S/C22H26ClN5O4/c1-4-22(11-9-17(32-13-22)21(30)27(2)31-3)28-16-10-12-24-20(29)18(16)19(26-28)25-15-7-5-14(23)6-8-15/h5-8,10,12,17H,4,9,11,13H2,1-3H3,(H,24,29)(H,25,26)/t17?,22-/m1/s1. The van der Waals surface area contributed by atoms with Crippen LogP contribution in [0.4, 0.5) is 11.5 Å². The first-order valence-corrected chi connectivity index (χ1v) is 10.8. The predicted octanol–water partition coefficient (Wildman–Crippen LogP) is 3.43. The van der Waals surface area contributed by atoms with Crippen LogP contribution in [0.25, 0.3) is 10.9 Å². The van der Waals surface area contributed by atoms with Crippen LogP contribution in [-0.2, 0) is 19.9 Å². The Balaban J connectivity index is 1.70. The summed E-state index contributed by atoms with van der Waals surface area (Å²) in [6, 6.07) is 9.02. The molecule has 0 bridgehead atoms. The molecule has 0 spiro atoms. The Hall–Kier alpha value is -2.88. The van der Waals surface area contributed by atoms with Gasteiger partial charge in [0.25, 0.3) is 11.5 Å². The Morgan fingerprint density at radius 2 is 2.16 bits per heavy atom. The number of hydrogen-bond acceptors (Lipinski definition) is 6. The van der Waals surface area contributed by atoms with E-state index in [1.807, 2.05) is 22.9 Å². The monoisotopic (exact) mass is 459 g/mol. The normalized spacial score (nSPS) is 20.9. The molecule has 1 fully saturated rings. The van der Waals surface area contributed by atoms with E-state index in [0.29, 0.717) is 41.2 Å². The van der Waals surface area contributed by atoms with Gasteiger partial charge in [0.15, 0.2) is 5.82 Å². The van der Waals surface area contributed by atoms with Gasteiger partial charge in [-0.05, 0) is 49.6 Å². The van der Waals surface area contributed by atoms with Gasteiger partial charge >= 0.3 is 0 Å². The van der Waals surface area contributed by atoms with Crippen LogP contribution >= 0.6 is 11.6 Å². The minimum atomic E-state index is -0.573. The molecule has 1 saturated heterocycles. The molecular formula is C22H26ClN5O4. The van der Waals surface area contributed by atoms with Gasteiger partial charge in [-0.1, -0.05) is 18.5 Å². The average molecular weight is 460 g/mol. The molecule has 0 radical (unpaired) electrons. The number of hydroxylamine groups is 2. The van der Waals surface area contributed by atoms with Gasteiger partial charge in [0.1, 0.15) is 11.5 Å². The number of benzene rings is 1. The summed E-state index contributed by atoms with van der Waals surface area (Å²) < 4.78 is 7.86. The molecule has 2 aromatic heterocycles. The number of nitrogens with one attached hydrogen (secondary N) is 2. The van der Waals surface area contributed by atoms with E-state index in [1.54, 1.807) is 25.4 Å². The summed E-state index contributed by atoms with van der Waals surface area (Å²) in [6.45, 7) is 2.35. The van der Waals surface area contributed by atoms with Crippen molar-refractivity contribution in [2.45, 2.75) is 37.8 Å². The lowest BCUT2D eigenvalue weighted by atomic mass is 9.87. The number of carbonyl (C=O) groups is 1. The first-order valence-electron chi connectivity index (χ1n) is 10.5. The van der Waals surface area contributed by atoms with E-state index < -0.39 is 11.6 Å². The average Bonchev–Trinajstić information content (AvgIpc) is 3.19. The maximum Gasteiger partial charge on any atom is 0.274 e. The van der Waals surface area contributed by atoms with Crippen LogP contribution in [0.5, 0.6) is 0 Å². The minimum Gasteiger partial charge on any atom is -0.366 e. The molecule has 1 aliphatic heterocycles. The van der Waals surface area contributed by atoms with Gasteiger partial charge in [-0.15, -0.1) is 0 Å². The lowest BCUT2D eigenvalue weighted by molar-refractivity contribution is -0.187. The van der Waals surface area contributed by atoms with Crippen LogP contribution in [0.3, 0.4) is 0 Å². The third-order valence-corrected chi connectivity index (χ3v) is 6.35. The number of halogens is 1. The Kier molecular flexibility index (Phi) is 6.23. The minimum absolute atomic E-state index is 0.218. The topological polar surface area (TPSA) is 101 Å². The molecule has 2 N–H and O–H groups in total. The van der Waals surface area contributed by atoms with E-state index >= 15 is 0 Å². The van der Waals surface area contributed by atoms with Gasteiger partial charge in [-0.3, -0.25) is 19.1 Å². The van der Waals surface area contributed by atoms with Gasteiger partial charge in [0.05, 0.1) is 24.8 Å². The highest BCUT2D eigenvalue weighted by atomic mass is 35.5. The molecule has 10 heteroatoms. The maximum absolute atomic E-state index is 12.7. The number of amides is 1. The largest absolute Gasteiger partial charge is 0.366 e. The van der Waals surface area contributed by atoms with Crippen molar-refractivity contribution in [3.63, 3.8) is 0 Å². The Morgan fingerprint density at radius 1 is 1.41 bits per heavy atom. The number of aromatic amines is 1. The van der Waals surface area contributed by atoms with Gasteiger partial charge in [0.2, 0.25) is 0 Å². The lowest BCUT2D eigenvalue weighted by Crippen LogP contribution is -2.49. The summed E-state index contributed by atoms with van der Waals surface area (Å²) in [5.41, 5.74) is 0.745. The second-order valence-corrected chi connectivity index (χ2v) is 8.33. The Bertz CT molecular complexity index is 1170. The third-order valence-electron chi connectivity index (χ3n) is 6.10. The predicted molar refractivity (Wildman–Crippen MR) is 122 cm³/mol. The van der Waals surface area contributed by atoms with Crippen molar-refractivity contribution in [1.82, 2.24) is 19.8 Å². The number of pyridine rings is 1. The number of fused-ring (bicyclic) bond motifs is 1. The summed E-state index contributed by atoms with van der Waals surface area (Å²) in [6.07, 6.45) is 2.95. The molecule has 9 nitrogen and oxygen atoms in total. The number of likely N-dealkylation sites (N-methyl/N-ethyl adjacent to an activating group) is 1. The fourth-order valence-electron chi connectivity index (χ4n) is 4.09. The van der Waals surface area contributed by atoms with E-state index in [1.165, 1.54) is 12.2 Å². The van der Waals surface area contributed by atoms with E-state index in [0.717, 1.165) is 12.1 Å². The fourth-order valence-corrected chi connectivity index (χ4v) is 4.22. The SMILES string of the molecule is CC[C@@]1(n2nc(Nc3ccc(Cl)cc3)c3c(=O)[nH]ccc32)CCC(C(=O)N(C)OC)OC1. The van der Waals surface area contributed by atoms with E-state index in [4.69, 9.17) is 26.3 Å². The summed E-state index contributed by atoms with van der Waals surface area (Å²) in [5, 5.41) is 10.3. The fraction of sp³-hybridized carbons (Fsp3) is 0.409. The molecule has 0 aliphatic carbocycles. The molecular weight excluding hydrogens is 434 g/mol. The highest BCUT2D eigenvalue weighted by Gasteiger charge is 2.41. The summed E-state index contributed by atoms with van der Waals surface area (Å²) in [4.78, 5) is 32.9. The van der Waals surface area contributed by atoms with Crippen LogP contribution in [0.1, 0.15) is 26.2 Å². The molecule has 1 amide bonds. The first kappa shape index (κ1) is 22.3. The quantitative estimate of drug-likeness (QED) is 0.547. The second-order valence-electron chi connectivity index (χ2n) is 7.89. The summed E-state index contributed by atoms with van der Waals surface area (Å²) >= 11 is 5.99. The van der Waals surface area contributed by atoms with Crippen LogP contribution in [-0.4, -0.2) is 52.6 Å². The molecule has 32 heavy (non-hydrogen) atoms. The van der Waals surface area contributed by atoms with E-state index in [2.05, 4.69) is 17.2 Å². The van der Waals surface area contributed by atoms with Gasteiger partial charge in [-0.25, -0.2) is 5.06 Å². The van der Waals surface area contributed by atoms with Crippen molar-refractivity contribution >= 4 is 39.9 Å². The summed E-state index contributed by atoms with van der Waals surface area (Å²) in [7, 11) is 3.01. The molecule has 3 heterocycles. The molecule has 1 aliphatic rings. The number of ether oxygens (including phenoxy) is 1. The number of carbonyl (C=O) groups excluding carboxylic acids is 1. The molecule has 4 rings (SSSR count). The number of aromatic nitrogens is 3. The van der Waals surface area contributed by atoms with E-state index in [-0.39, 0.29) is 11.5 Å². The van der Waals surface area contributed by atoms with Gasteiger partial charge in [0, 0.05) is 24.0 Å². The zero-order valence-electron chi connectivity index (χ0n) is 18.2. The van der Waals surface area contributed by atoms with Crippen LogP contribution < -0.4 is 10.9 Å². The van der Waals surface area contributed by atoms with Crippen molar-refractivity contribution in [3.8, 4) is 0 Å². The van der Waals surface area contributed by atoms with Crippen molar-refractivity contribution in [1.29, 1.82) is 0 Å². The second kappa shape index (κ2) is 8.93. The molecule has 1 aromatic carbocycles. The van der Waals surface area contributed by atoms with Crippen molar-refractivity contribution < 1.29 is 14.4 Å². The molecule has 170 valence electrons. The number of H-pyrrole nitrogens is 1. The number of hydrogen-bond donors (Lipinski definition) is 2.